The normalized spacial score (nSPS) is 26.8. The largest absolute Gasteiger partial charge is 0.394 e. The molecule has 4 heteroatoms. The molecule has 2 N–H and O–H groups in total. The van der Waals surface area contributed by atoms with Gasteiger partial charge in [-0.05, 0) is 51.4 Å². The summed E-state index contributed by atoms with van der Waals surface area (Å²) < 4.78 is 1.94. The molecule has 0 radical (unpaired) electrons. The average molecular weight is 277 g/mol. The molecule has 1 heterocycles. The zero-order chi connectivity index (χ0) is 14.1. The van der Waals surface area contributed by atoms with E-state index in [1.54, 1.807) is 0 Å². The van der Waals surface area contributed by atoms with Gasteiger partial charge in [0.25, 0.3) is 0 Å². The van der Waals surface area contributed by atoms with Gasteiger partial charge in [-0.25, -0.2) is 4.68 Å². The van der Waals surface area contributed by atoms with Crippen molar-refractivity contribution >= 4 is 5.82 Å². The number of hydrogen-bond acceptors (Lipinski definition) is 3. The van der Waals surface area contributed by atoms with E-state index in [9.17, 15) is 5.11 Å². The molecule has 0 bridgehead atoms. The van der Waals surface area contributed by atoms with Gasteiger partial charge >= 0.3 is 0 Å². The van der Waals surface area contributed by atoms with E-state index in [-0.39, 0.29) is 6.61 Å². The summed E-state index contributed by atoms with van der Waals surface area (Å²) in [4.78, 5) is 0. The first-order chi connectivity index (χ1) is 9.69. The quantitative estimate of drug-likeness (QED) is 0.870. The molecule has 1 aromatic rings. The molecule has 0 spiro atoms. The summed E-state index contributed by atoms with van der Waals surface area (Å²) in [5.41, 5.74) is 2.29. The second-order valence-electron chi connectivity index (χ2n) is 6.61. The third-order valence-corrected chi connectivity index (χ3v) is 5.08. The average Bonchev–Trinajstić information content (AvgIpc) is 3.25. The summed E-state index contributed by atoms with van der Waals surface area (Å²) in [7, 11) is 0. The van der Waals surface area contributed by atoms with Crippen LogP contribution in [0.1, 0.15) is 49.8 Å². The number of rotatable bonds is 5. The molecule has 0 aromatic carbocycles. The van der Waals surface area contributed by atoms with Crippen LogP contribution in [-0.4, -0.2) is 27.5 Å². The van der Waals surface area contributed by atoms with Crippen molar-refractivity contribution in [1.29, 1.82) is 0 Å². The van der Waals surface area contributed by atoms with Gasteiger partial charge in [-0.3, -0.25) is 0 Å². The van der Waals surface area contributed by atoms with Crippen molar-refractivity contribution in [3.8, 4) is 0 Å². The number of aryl methyl sites for hydroxylation is 1. The van der Waals surface area contributed by atoms with Crippen molar-refractivity contribution < 1.29 is 5.11 Å². The van der Waals surface area contributed by atoms with Crippen LogP contribution in [0.15, 0.2) is 0 Å². The first kappa shape index (κ1) is 13.9. The Morgan fingerprint density at radius 2 is 2.00 bits per heavy atom. The number of aromatic nitrogens is 2. The lowest BCUT2D eigenvalue weighted by molar-refractivity contribution is 0.269. The van der Waals surface area contributed by atoms with E-state index < -0.39 is 0 Å². The van der Waals surface area contributed by atoms with Crippen molar-refractivity contribution in [3.05, 3.63) is 11.3 Å². The van der Waals surface area contributed by atoms with Gasteiger partial charge in [-0.2, -0.15) is 5.10 Å². The summed E-state index contributed by atoms with van der Waals surface area (Å²) in [6, 6.07) is 0.585. The lowest BCUT2D eigenvalue weighted by atomic mass is 9.82. The molecule has 2 aliphatic rings. The Labute approximate surface area is 121 Å². The molecule has 3 rings (SSSR count). The van der Waals surface area contributed by atoms with Gasteiger partial charge in [-0.1, -0.05) is 12.8 Å². The monoisotopic (exact) mass is 277 g/mol. The van der Waals surface area contributed by atoms with E-state index >= 15 is 0 Å². The first-order valence-electron chi connectivity index (χ1n) is 8.10. The number of aliphatic hydroxyl groups is 1. The Morgan fingerprint density at radius 3 is 2.70 bits per heavy atom. The van der Waals surface area contributed by atoms with Crippen LogP contribution in [0.2, 0.25) is 0 Å². The standard InChI is InChI=1S/C16H27N3O/c1-11-12(2)18-19(8-9-20)16(11)17-15-5-3-4-14(10-15)13-6-7-13/h13-15,17,20H,3-10H2,1-2H3/t14-,15+/m0/s1. The lowest BCUT2D eigenvalue weighted by Gasteiger charge is -2.30. The second-order valence-corrected chi connectivity index (χ2v) is 6.61. The van der Waals surface area contributed by atoms with Crippen LogP contribution < -0.4 is 5.32 Å². The minimum Gasteiger partial charge on any atom is -0.394 e. The smallest absolute Gasteiger partial charge is 0.127 e. The van der Waals surface area contributed by atoms with Crippen molar-refractivity contribution in [2.45, 2.75) is 65.0 Å². The number of nitrogens with one attached hydrogen (secondary N) is 1. The van der Waals surface area contributed by atoms with Crippen LogP contribution in [0.5, 0.6) is 0 Å². The maximum absolute atomic E-state index is 9.18. The molecule has 0 amide bonds. The fraction of sp³-hybridized carbons (Fsp3) is 0.812. The lowest BCUT2D eigenvalue weighted by Crippen LogP contribution is -2.29. The maximum Gasteiger partial charge on any atom is 0.127 e. The van der Waals surface area contributed by atoms with Gasteiger partial charge in [0.05, 0.1) is 18.8 Å². The molecule has 2 atom stereocenters. The highest BCUT2D eigenvalue weighted by Gasteiger charge is 2.35. The van der Waals surface area contributed by atoms with Crippen LogP contribution in [-0.2, 0) is 6.54 Å². The summed E-state index contributed by atoms with van der Waals surface area (Å²) in [5, 5.41) is 17.4. The molecule has 0 aliphatic heterocycles. The Kier molecular flexibility index (Phi) is 4.01. The molecule has 1 aromatic heterocycles. The Bertz CT molecular complexity index is 465. The fourth-order valence-electron chi connectivity index (χ4n) is 3.66. The minimum atomic E-state index is 0.143. The zero-order valence-corrected chi connectivity index (χ0v) is 12.7. The predicted molar refractivity (Wildman–Crippen MR) is 80.9 cm³/mol. The van der Waals surface area contributed by atoms with E-state index in [1.807, 2.05) is 11.6 Å². The van der Waals surface area contributed by atoms with Gasteiger partial charge in [0.2, 0.25) is 0 Å². The SMILES string of the molecule is Cc1nn(CCO)c(N[C@@H]2CCC[C@H](C3CC3)C2)c1C. The number of hydrogen-bond donors (Lipinski definition) is 2. The van der Waals surface area contributed by atoms with E-state index in [0.717, 1.165) is 23.3 Å². The third-order valence-electron chi connectivity index (χ3n) is 5.08. The van der Waals surface area contributed by atoms with E-state index in [1.165, 1.54) is 44.1 Å². The van der Waals surface area contributed by atoms with E-state index in [4.69, 9.17) is 0 Å². The Balaban J connectivity index is 1.69. The molecular weight excluding hydrogens is 250 g/mol. The molecule has 0 saturated heterocycles. The molecule has 112 valence electrons. The Morgan fingerprint density at radius 1 is 1.20 bits per heavy atom. The first-order valence-corrected chi connectivity index (χ1v) is 8.10. The topological polar surface area (TPSA) is 50.1 Å². The van der Waals surface area contributed by atoms with Crippen LogP contribution >= 0.6 is 0 Å². The highest BCUT2D eigenvalue weighted by atomic mass is 16.3. The highest BCUT2D eigenvalue weighted by molar-refractivity contribution is 5.47. The maximum atomic E-state index is 9.18. The van der Waals surface area contributed by atoms with Crippen molar-refractivity contribution in [3.63, 3.8) is 0 Å². The van der Waals surface area contributed by atoms with Gasteiger partial charge in [0.1, 0.15) is 5.82 Å². The minimum absolute atomic E-state index is 0.143. The zero-order valence-electron chi connectivity index (χ0n) is 12.7. The van der Waals surface area contributed by atoms with Crippen LogP contribution in [0, 0.1) is 25.7 Å². The summed E-state index contributed by atoms with van der Waals surface area (Å²) in [5.74, 6) is 3.08. The van der Waals surface area contributed by atoms with Crippen LogP contribution in [0.4, 0.5) is 5.82 Å². The number of anilines is 1. The molecule has 2 aliphatic carbocycles. The predicted octanol–water partition coefficient (Wildman–Crippen LogP) is 2.87. The molecular formula is C16H27N3O. The summed E-state index contributed by atoms with van der Waals surface area (Å²) >= 11 is 0. The molecule has 4 nitrogen and oxygen atoms in total. The summed E-state index contributed by atoms with van der Waals surface area (Å²) in [6.07, 6.45) is 8.27. The Hall–Kier alpha value is -1.03. The summed E-state index contributed by atoms with van der Waals surface area (Å²) in [6.45, 7) is 4.89. The number of nitrogens with zero attached hydrogens (tertiary/aromatic N) is 2. The number of aliphatic hydroxyl groups excluding tert-OH is 1. The van der Waals surface area contributed by atoms with E-state index in [2.05, 4.69) is 17.3 Å². The van der Waals surface area contributed by atoms with Crippen molar-refractivity contribution in [1.82, 2.24) is 9.78 Å². The van der Waals surface area contributed by atoms with Gasteiger partial charge < -0.3 is 10.4 Å². The fourth-order valence-corrected chi connectivity index (χ4v) is 3.66. The van der Waals surface area contributed by atoms with E-state index in [0.29, 0.717) is 12.6 Å². The van der Waals surface area contributed by atoms with Crippen molar-refractivity contribution in [2.75, 3.05) is 11.9 Å². The second kappa shape index (κ2) is 5.76. The molecule has 2 saturated carbocycles. The van der Waals surface area contributed by atoms with Crippen LogP contribution in [0.3, 0.4) is 0 Å². The van der Waals surface area contributed by atoms with Crippen molar-refractivity contribution in [2.24, 2.45) is 11.8 Å². The highest BCUT2D eigenvalue weighted by Crippen LogP contribution is 2.44. The van der Waals surface area contributed by atoms with Gasteiger partial charge in [0.15, 0.2) is 0 Å². The molecule has 0 unspecified atom stereocenters. The van der Waals surface area contributed by atoms with Crippen LogP contribution in [0.25, 0.3) is 0 Å². The molecule has 20 heavy (non-hydrogen) atoms. The third kappa shape index (κ3) is 2.85. The van der Waals surface area contributed by atoms with Gasteiger partial charge in [-0.15, -0.1) is 0 Å². The van der Waals surface area contributed by atoms with Gasteiger partial charge in [0, 0.05) is 11.6 Å². The molecule has 2 fully saturated rings.